The van der Waals surface area contributed by atoms with E-state index >= 15 is 0 Å². The quantitative estimate of drug-likeness (QED) is 0.883. The molecule has 104 valence electrons. The first-order valence-electron chi connectivity index (χ1n) is 6.71. The van der Waals surface area contributed by atoms with Gasteiger partial charge in [0.05, 0.1) is 5.56 Å². The van der Waals surface area contributed by atoms with Crippen molar-refractivity contribution >= 4 is 11.6 Å². The monoisotopic (exact) mass is 290 g/mol. The molecule has 20 heavy (non-hydrogen) atoms. The van der Waals surface area contributed by atoms with Gasteiger partial charge in [0, 0.05) is 12.0 Å². The third kappa shape index (κ3) is 2.10. The summed E-state index contributed by atoms with van der Waals surface area (Å²) in [5, 5.41) is 0.163. The maximum absolute atomic E-state index is 12.4. The molecule has 2 aromatic rings. The van der Waals surface area contributed by atoms with Gasteiger partial charge in [0.1, 0.15) is 5.15 Å². The molecule has 1 N–H and O–H groups in total. The van der Waals surface area contributed by atoms with Crippen molar-refractivity contribution in [1.29, 1.82) is 0 Å². The van der Waals surface area contributed by atoms with Crippen LogP contribution in [0.1, 0.15) is 36.4 Å². The van der Waals surface area contributed by atoms with E-state index in [-0.39, 0.29) is 22.7 Å². The maximum atomic E-state index is 12.4. The van der Waals surface area contributed by atoms with Gasteiger partial charge in [-0.25, -0.2) is 4.79 Å². The largest absolute Gasteiger partial charge is 0.329 e. The van der Waals surface area contributed by atoms with Crippen LogP contribution < -0.4 is 11.2 Å². The molecule has 1 aromatic heterocycles. The van der Waals surface area contributed by atoms with Gasteiger partial charge in [-0.05, 0) is 18.4 Å². The van der Waals surface area contributed by atoms with Crippen molar-refractivity contribution in [1.82, 2.24) is 9.55 Å². The zero-order valence-electron chi connectivity index (χ0n) is 11.1. The van der Waals surface area contributed by atoms with E-state index in [1.807, 2.05) is 37.3 Å². The summed E-state index contributed by atoms with van der Waals surface area (Å²) in [5.74, 6) is 0.237. The summed E-state index contributed by atoms with van der Waals surface area (Å²) in [6.45, 7) is 1.85. The minimum Gasteiger partial charge on any atom is -0.297 e. The zero-order valence-corrected chi connectivity index (χ0v) is 11.9. The number of nitrogens with one attached hydrogen (secondary N) is 1. The average Bonchev–Trinajstić information content (AvgIpc) is 3.20. The third-order valence-electron chi connectivity index (χ3n) is 3.85. The van der Waals surface area contributed by atoms with Crippen LogP contribution in [0.5, 0.6) is 0 Å². The van der Waals surface area contributed by atoms with Crippen LogP contribution >= 0.6 is 11.6 Å². The first kappa shape index (κ1) is 13.2. The number of H-pyrrole nitrogens is 1. The number of hydrogen-bond acceptors (Lipinski definition) is 2. The standard InChI is InChI=1S/C15H15ClN2O2/c1-2-10-13(16)17-15(20)18(14(10)19)12-8-11(12)9-6-4-3-5-7-9/h3-7,11-12H,2,8H2,1H3,(H,17,20). The number of hydrogen-bond donors (Lipinski definition) is 1. The smallest absolute Gasteiger partial charge is 0.297 e. The third-order valence-corrected chi connectivity index (χ3v) is 4.17. The van der Waals surface area contributed by atoms with E-state index in [9.17, 15) is 9.59 Å². The van der Waals surface area contributed by atoms with Gasteiger partial charge in [0.25, 0.3) is 5.56 Å². The fourth-order valence-corrected chi connectivity index (χ4v) is 2.99. The van der Waals surface area contributed by atoms with Crippen LogP contribution in [0.4, 0.5) is 0 Å². The Hall–Kier alpha value is -1.81. The molecule has 0 aliphatic heterocycles. The lowest BCUT2D eigenvalue weighted by Gasteiger charge is -2.07. The summed E-state index contributed by atoms with van der Waals surface area (Å²) in [6, 6.07) is 9.89. The van der Waals surface area contributed by atoms with Crippen LogP contribution in [-0.2, 0) is 6.42 Å². The van der Waals surface area contributed by atoms with E-state index < -0.39 is 5.69 Å². The van der Waals surface area contributed by atoms with E-state index in [4.69, 9.17) is 11.6 Å². The highest BCUT2D eigenvalue weighted by atomic mass is 35.5. The fourth-order valence-electron chi connectivity index (χ4n) is 2.69. The van der Waals surface area contributed by atoms with E-state index in [1.54, 1.807) is 0 Å². The van der Waals surface area contributed by atoms with Gasteiger partial charge in [0.15, 0.2) is 0 Å². The molecule has 4 nitrogen and oxygen atoms in total. The van der Waals surface area contributed by atoms with Crippen molar-refractivity contribution in [2.24, 2.45) is 0 Å². The summed E-state index contributed by atoms with van der Waals surface area (Å²) < 4.78 is 1.32. The molecule has 3 rings (SSSR count). The number of halogens is 1. The molecule has 1 aliphatic carbocycles. The Kier molecular flexibility index (Phi) is 3.26. The Morgan fingerprint density at radius 2 is 2.00 bits per heavy atom. The van der Waals surface area contributed by atoms with Gasteiger partial charge in [-0.1, -0.05) is 48.9 Å². The molecule has 0 saturated heterocycles. The molecule has 1 aliphatic rings. The summed E-state index contributed by atoms with van der Waals surface area (Å²) >= 11 is 5.92. The average molecular weight is 291 g/mol. The van der Waals surface area contributed by atoms with E-state index in [0.717, 1.165) is 12.0 Å². The van der Waals surface area contributed by atoms with Crippen molar-refractivity contribution < 1.29 is 0 Å². The Morgan fingerprint density at radius 3 is 2.65 bits per heavy atom. The van der Waals surface area contributed by atoms with Gasteiger partial charge < -0.3 is 0 Å². The highest BCUT2D eigenvalue weighted by Gasteiger charge is 2.42. The molecule has 0 bridgehead atoms. The molecule has 0 amide bonds. The fraction of sp³-hybridized carbons (Fsp3) is 0.333. The number of aromatic amines is 1. The lowest BCUT2D eigenvalue weighted by atomic mass is 10.1. The molecule has 1 heterocycles. The number of rotatable bonds is 3. The molecule has 1 fully saturated rings. The molecule has 1 saturated carbocycles. The van der Waals surface area contributed by atoms with Crippen molar-refractivity contribution in [3.8, 4) is 0 Å². The van der Waals surface area contributed by atoms with Gasteiger partial charge >= 0.3 is 5.69 Å². The summed E-state index contributed by atoms with van der Waals surface area (Å²) in [4.78, 5) is 26.9. The normalized spacial score (nSPS) is 20.9. The number of benzene rings is 1. The second-order valence-electron chi connectivity index (χ2n) is 5.07. The van der Waals surface area contributed by atoms with Crippen LogP contribution in [0.3, 0.4) is 0 Å². The minimum atomic E-state index is -0.416. The topological polar surface area (TPSA) is 54.9 Å². The zero-order chi connectivity index (χ0) is 14.3. The predicted molar refractivity (Wildman–Crippen MR) is 78.5 cm³/mol. The molecule has 1 aromatic carbocycles. The van der Waals surface area contributed by atoms with Gasteiger partial charge in [-0.2, -0.15) is 0 Å². The lowest BCUT2D eigenvalue weighted by molar-refractivity contribution is 0.630. The van der Waals surface area contributed by atoms with Crippen LogP contribution in [-0.4, -0.2) is 9.55 Å². The molecule has 0 spiro atoms. The summed E-state index contributed by atoms with van der Waals surface area (Å²) in [6.07, 6.45) is 1.33. The molecule has 5 heteroatoms. The van der Waals surface area contributed by atoms with E-state index in [1.165, 1.54) is 4.57 Å². The Morgan fingerprint density at radius 1 is 1.30 bits per heavy atom. The maximum Gasteiger partial charge on any atom is 0.329 e. The van der Waals surface area contributed by atoms with E-state index in [0.29, 0.717) is 12.0 Å². The van der Waals surface area contributed by atoms with Crippen LogP contribution in [0.25, 0.3) is 0 Å². The Balaban J connectivity index is 2.02. The van der Waals surface area contributed by atoms with Crippen molar-refractivity contribution in [2.75, 3.05) is 0 Å². The summed E-state index contributed by atoms with van der Waals surface area (Å²) in [7, 11) is 0. The molecule has 2 atom stereocenters. The second kappa shape index (κ2) is 4.94. The lowest BCUT2D eigenvalue weighted by Crippen LogP contribution is -2.37. The number of aromatic nitrogens is 2. The molecular formula is C15H15ClN2O2. The molecule has 0 radical (unpaired) electrons. The first-order chi connectivity index (χ1) is 9.63. The van der Waals surface area contributed by atoms with Crippen molar-refractivity contribution in [3.63, 3.8) is 0 Å². The highest BCUT2D eigenvalue weighted by Crippen LogP contribution is 2.49. The highest BCUT2D eigenvalue weighted by molar-refractivity contribution is 6.30. The number of nitrogens with zero attached hydrogens (tertiary/aromatic N) is 1. The van der Waals surface area contributed by atoms with Crippen molar-refractivity contribution in [2.45, 2.75) is 31.7 Å². The summed E-state index contributed by atoms with van der Waals surface area (Å²) in [5.41, 5.74) is 0.965. The van der Waals surface area contributed by atoms with Gasteiger partial charge in [-0.15, -0.1) is 0 Å². The van der Waals surface area contributed by atoms with Gasteiger partial charge in [-0.3, -0.25) is 14.3 Å². The second-order valence-corrected chi connectivity index (χ2v) is 5.45. The molecule has 2 unspecified atom stereocenters. The van der Waals surface area contributed by atoms with Crippen molar-refractivity contribution in [3.05, 3.63) is 67.4 Å². The predicted octanol–water partition coefficient (Wildman–Crippen LogP) is 2.48. The molecular weight excluding hydrogens is 276 g/mol. The Labute approximate surface area is 121 Å². The van der Waals surface area contributed by atoms with Crippen LogP contribution in [0.15, 0.2) is 39.9 Å². The van der Waals surface area contributed by atoms with Gasteiger partial charge in [0.2, 0.25) is 0 Å². The minimum absolute atomic E-state index is 0.0591. The van der Waals surface area contributed by atoms with E-state index in [2.05, 4.69) is 4.98 Å². The van der Waals surface area contributed by atoms with Crippen LogP contribution in [0.2, 0.25) is 5.15 Å². The van der Waals surface area contributed by atoms with Crippen LogP contribution in [0, 0.1) is 0 Å². The first-order valence-corrected chi connectivity index (χ1v) is 7.09. The SMILES string of the molecule is CCc1c(Cl)[nH]c(=O)n(C2CC2c2ccccc2)c1=O. The Bertz CT molecular complexity index is 749.